The Morgan fingerprint density at radius 3 is 2.35 bits per heavy atom. The molecule has 1 aliphatic rings. The fourth-order valence-corrected chi connectivity index (χ4v) is 3.84. The van der Waals surface area contributed by atoms with E-state index < -0.39 is 23.8 Å². The number of ether oxygens (including phenoxy) is 2. The molecule has 1 aliphatic heterocycles. The van der Waals surface area contributed by atoms with Gasteiger partial charge in [-0.2, -0.15) is 0 Å². The van der Waals surface area contributed by atoms with Gasteiger partial charge in [-0.1, -0.05) is 36.4 Å². The van der Waals surface area contributed by atoms with Crippen LogP contribution in [0.1, 0.15) is 5.56 Å². The third-order valence-electron chi connectivity index (χ3n) is 5.51. The molecule has 1 fully saturated rings. The first kappa shape index (κ1) is 22.9. The summed E-state index contributed by atoms with van der Waals surface area (Å²) in [5, 5.41) is 0.742. The Kier molecular flexibility index (Phi) is 6.55. The maximum atomic E-state index is 13.4. The highest BCUT2D eigenvalue weighted by molar-refractivity contribution is 6.39. The lowest BCUT2D eigenvalue weighted by atomic mass is 10.0. The molecule has 0 spiro atoms. The van der Waals surface area contributed by atoms with E-state index in [0.29, 0.717) is 11.3 Å². The van der Waals surface area contributed by atoms with Crippen molar-refractivity contribution < 1.29 is 28.7 Å². The molecule has 34 heavy (non-hydrogen) atoms. The molecule has 4 amide bonds. The number of para-hydroxylation sites is 2. The number of carbonyl (C=O) groups excluding carboxylic acids is 4. The molecule has 0 bridgehead atoms. The van der Waals surface area contributed by atoms with E-state index in [1.54, 1.807) is 41.1 Å². The molecular formula is C25H23N3O6. The molecule has 9 heteroatoms. The van der Waals surface area contributed by atoms with Crippen LogP contribution in [-0.2, 0) is 30.4 Å². The van der Waals surface area contributed by atoms with Crippen LogP contribution in [0.2, 0.25) is 0 Å². The largest absolute Gasteiger partial charge is 0.468 e. The Hall–Kier alpha value is -4.24. The van der Waals surface area contributed by atoms with Crippen LogP contribution >= 0.6 is 0 Å². The molecule has 4 rings (SSSR count). The minimum Gasteiger partial charge on any atom is -0.468 e. The first-order valence-electron chi connectivity index (χ1n) is 10.6. The number of benzene rings is 2. The van der Waals surface area contributed by atoms with E-state index in [2.05, 4.69) is 0 Å². The van der Waals surface area contributed by atoms with E-state index in [1.165, 1.54) is 20.3 Å². The summed E-state index contributed by atoms with van der Waals surface area (Å²) in [5.41, 5.74) is 1.49. The number of esters is 1. The standard InChI is InChI=1S/C25H23N3O6/c1-33-13-12-27-23(30)20(24(31)28(25(27)32)18-8-4-3-5-9-18)14-17-15-26(16-22(29)34-2)21-11-7-6-10-19(17)21/h3-11,14-15H,12-13,16H2,1-2H3/b20-14+. The minimum atomic E-state index is -0.733. The van der Waals surface area contributed by atoms with Crippen molar-refractivity contribution >= 4 is 46.5 Å². The molecule has 1 aromatic heterocycles. The van der Waals surface area contributed by atoms with Crippen LogP contribution in [0.4, 0.5) is 10.5 Å². The van der Waals surface area contributed by atoms with E-state index in [-0.39, 0.29) is 25.3 Å². The molecule has 0 N–H and O–H groups in total. The number of amides is 4. The lowest BCUT2D eigenvalue weighted by Gasteiger charge is -2.33. The second-order valence-corrected chi connectivity index (χ2v) is 7.57. The molecule has 0 radical (unpaired) electrons. The fourth-order valence-electron chi connectivity index (χ4n) is 3.84. The summed E-state index contributed by atoms with van der Waals surface area (Å²) in [6, 6.07) is 15.0. The van der Waals surface area contributed by atoms with Crippen LogP contribution in [0.25, 0.3) is 17.0 Å². The molecular weight excluding hydrogens is 438 g/mol. The van der Waals surface area contributed by atoms with Gasteiger partial charge < -0.3 is 14.0 Å². The molecule has 174 valence electrons. The normalized spacial score (nSPS) is 15.5. The molecule has 1 saturated heterocycles. The highest BCUT2D eigenvalue weighted by atomic mass is 16.5. The first-order chi connectivity index (χ1) is 16.5. The molecule has 2 aromatic carbocycles. The van der Waals surface area contributed by atoms with Crippen LogP contribution in [0.5, 0.6) is 0 Å². The van der Waals surface area contributed by atoms with Gasteiger partial charge in [0.1, 0.15) is 12.1 Å². The average Bonchev–Trinajstić information content (AvgIpc) is 3.19. The zero-order valence-corrected chi connectivity index (χ0v) is 18.8. The molecule has 9 nitrogen and oxygen atoms in total. The smallest absolute Gasteiger partial charge is 0.338 e. The molecule has 0 atom stereocenters. The summed E-state index contributed by atoms with van der Waals surface area (Å²) in [4.78, 5) is 53.6. The van der Waals surface area contributed by atoms with Crippen LogP contribution in [-0.4, -0.2) is 60.7 Å². The van der Waals surface area contributed by atoms with Gasteiger partial charge in [0.25, 0.3) is 11.8 Å². The number of hydrogen-bond acceptors (Lipinski definition) is 6. The number of nitrogens with zero attached hydrogens (tertiary/aromatic N) is 3. The highest BCUT2D eigenvalue weighted by Crippen LogP contribution is 2.29. The molecule has 0 aliphatic carbocycles. The van der Waals surface area contributed by atoms with Crippen molar-refractivity contribution in [2.24, 2.45) is 0 Å². The topological polar surface area (TPSA) is 98.2 Å². The zero-order chi connectivity index (χ0) is 24.2. The molecule has 0 unspecified atom stereocenters. The maximum Gasteiger partial charge on any atom is 0.338 e. The van der Waals surface area contributed by atoms with Gasteiger partial charge >= 0.3 is 12.0 Å². The number of carbonyl (C=O) groups is 4. The van der Waals surface area contributed by atoms with Gasteiger partial charge in [0, 0.05) is 29.8 Å². The van der Waals surface area contributed by atoms with Crippen LogP contribution in [0, 0.1) is 0 Å². The number of methoxy groups -OCH3 is 2. The summed E-state index contributed by atoms with van der Waals surface area (Å²) in [7, 11) is 2.77. The average molecular weight is 461 g/mol. The predicted octanol–water partition coefficient (Wildman–Crippen LogP) is 2.84. The summed E-state index contributed by atoms with van der Waals surface area (Å²) in [6.45, 7) is 0.0862. The van der Waals surface area contributed by atoms with E-state index in [4.69, 9.17) is 9.47 Å². The van der Waals surface area contributed by atoms with Gasteiger partial charge in [-0.25, -0.2) is 9.69 Å². The number of rotatable bonds is 7. The number of aromatic nitrogens is 1. The number of imide groups is 2. The second-order valence-electron chi connectivity index (χ2n) is 7.57. The maximum absolute atomic E-state index is 13.4. The van der Waals surface area contributed by atoms with Crippen molar-refractivity contribution in [1.29, 1.82) is 0 Å². The summed E-state index contributed by atoms with van der Waals surface area (Å²) in [6.07, 6.45) is 3.14. The van der Waals surface area contributed by atoms with Crippen molar-refractivity contribution in [1.82, 2.24) is 9.47 Å². The molecule has 2 heterocycles. The Balaban J connectivity index is 1.83. The van der Waals surface area contributed by atoms with Crippen molar-refractivity contribution in [3.8, 4) is 0 Å². The van der Waals surface area contributed by atoms with Crippen LogP contribution in [0.3, 0.4) is 0 Å². The van der Waals surface area contributed by atoms with Crippen LogP contribution < -0.4 is 4.90 Å². The van der Waals surface area contributed by atoms with Gasteiger partial charge in [-0.05, 0) is 24.3 Å². The second kappa shape index (κ2) is 9.72. The number of hydrogen-bond donors (Lipinski definition) is 0. The van der Waals surface area contributed by atoms with E-state index in [0.717, 1.165) is 20.7 Å². The van der Waals surface area contributed by atoms with E-state index in [9.17, 15) is 19.2 Å². The Morgan fingerprint density at radius 1 is 0.941 bits per heavy atom. The number of urea groups is 1. The Labute approximate surface area is 195 Å². The number of fused-ring (bicyclic) bond motifs is 1. The fraction of sp³-hybridized carbons (Fsp3) is 0.200. The van der Waals surface area contributed by atoms with E-state index in [1.807, 2.05) is 24.3 Å². The lowest BCUT2D eigenvalue weighted by molar-refractivity contribution is -0.141. The quantitative estimate of drug-likeness (QED) is 0.305. The summed E-state index contributed by atoms with van der Waals surface area (Å²) in [5.74, 6) is -1.86. The lowest BCUT2D eigenvalue weighted by Crippen LogP contribution is -2.57. The van der Waals surface area contributed by atoms with Gasteiger partial charge in [0.05, 0.1) is 25.9 Å². The predicted molar refractivity (Wildman–Crippen MR) is 125 cm³/mol. The van der Waals surface area contributed by atoms with Gasteiger partial charge in [-0.15, -0.1) is 0 Å². The van der Waals surface area contributed by atoms with E-state index >= 15 is 0 Å². The van der Waals surface area contributed by atoms with Crippen molar-refractivity contribution in [2.45, 2.75) is 6.54 Å². The Morgan fingerprint density at radius 2 is 1.65 bits per heavy atom. The third kappa shape index (κ3) is 4.20. The molecule has 3 aromatic rings. The summed E-state index contributed by atoms with van der Waals surface area (Å²) >= 11 is 0. The van der Waals surface area contributed by atoms with Gasteiger partial charge in [0.15, 0.2) is 0 Å². The first-order valence-corrected chi connectivity index (χ1v) is 10.6. The monoisotopic (exact) mass is 461 g/mol. The SMILES string of the molecule is COCCN1C(=O)/C(=C\c2cn(CC(=O)OC)c3ccccc23)C(=O)N(c2ccccc2)C1=O. The van der Waals surface area contributed by atoms with Crippen molar-refractivity contribution in [3.63, 3.8) is 0 Å². The number of anilines is 1. The number of barbiturate groups is 1. The Bertz CT molecular complexity index is 1290. The van der Waals surface area contributed by atoms with Gasteiger partial charge in [-0.3, -0.25) is 19.3 Å². The van der Waals surface area contributed by atoms with Crippen molar-refractivity contribution in [2.75, 3.05) is 32.3 Å². The minimum absolute atomic E-state index is 0.00772. The van der Waals surface area contributed by atoms with Crippen LogP contribution in [0.15, 0.2) is 66.4 Å². The zero-order valence-electron chi connectivity index (χ0n) is 18.8. The van der Waals surface area contributed by atoms with Gasteiger partial charge in [0.2, 0.25) is 0 Å². The highest BCUT2D eigenvalue weighted by Gasteiger charge is 2.42. The third-order valence-corrected chi connectivity index (χ3v) is 5.51. The van der Waals surface area contributed by atoms with Crippen molar-refractivity contribution in [3.05, 3.63) is 71.9 Å². The molecule has 0 saturated carbocycles. The summed E-state index contributed by atoms with van der Waals surface area (Å²) < 4.78 is 11.5.